The van der Waals surface area contributed by atoms with Crippen LogP contribution in [0.25, 0.3) is 0 Å². The molecule has 1 atom stereocenters. The molecular weight excluding hydrogens is 336 g/mol. The van der Waals surface area contributed by atoms with Crippen molar-refractivity contribution in [3.63, 3.8) is 0 Å². The van der Waals surface area contributed by atoms with E-state index in [-0.39, 0.29) is 17.4 Å². The van der Waals surface area contributed by atoms with Crippen LogP contribution in [-0.4, -0.2) is 55.9 Å². The molecule has 1 N–H and O–H groups in total. The summed E-state index contributed by atoms with van der Waals surface area (Å²) in [4.78, 5) is 14.5. The van der Waals surface area contributed by atoms with Gasteiger partial charge in [0.2, 0.25) is 5.91 Å². The Hall–Kier alpha value is -1.40. The van der Waals surface area contributed by atoms with Crippen LogP contribution in [0.4, 0.5) is 0 Å². The fraction of sp³-hybridized carbons (Fsp3) is 0.632. The van der Waals surface area contributed by atoms with Crippen molar-refractivity contribution in [2.45, 2.75) is 38.1 Å². The highest BCUT2D eigenvalue weighted by molar-refractivity contribution is 7.91. The molecule has 2 heterocycles. The Morgan fingerprint density at radius 1 is 1.24 bits per heavy atom. The van der Waals surface area contributed by atoms with Crippen LogP contribution in [0.1, 0.15) is 31.7 Å². The number of carbonyl (C=O) groups excluding carboxylic acids is 1. The van der Waals surface area contributed by atoms with Gasteiger partial charge in [0, 0.05) is 0 Å². The van der Waals surface area contributed by atoms with E-state index in [2.05, 4.69) is 34.5 Å². The molecule has 138 valence electrons. The second kappa shape index (κ2) is 7.46. The van der Waals surface area contributed by atoms with Crippen LogP contribution in [0.15, 0.2) is 30.3 Å². The van der Waals surface area contributed by atoms with E-state index in [0.717, 1.165) is 32.4 Å². The average molecular weight is 365 g/mol. The van der Waals surface area contributed by atoms with Gasteiger partial charge in [0.25, 0.3) is 0 Å². The third-order valence-corrected chi connectivity index (χ3v) is 7.29. The number of sulfone groups is 1. The van der Waals surface area contributed by atoms with E-state index in [0.29, 0.717) is 18.9 Å². The van der Waals surface area contributed by atoms with Gasteiger partial charge in [-0.05, 0) is 57.2 Å². The summed E-state index contributed by atoms with van der Waals surface area (Å²) in [6.07, 6.45) is 3.83. The van der Waals surface area contributed by atoms with E-state index >= 15 is 0 Å². The van der Waals surface area contributed by atoms with Crippen molar-refractivity contribution < 1.29 is 13.2 Å². The Balaban J connectivity index is 1.42. The van der Waals surface area contributed by atoms with Crippen molar-refractivity contribution in [2.24, 2.45) is 5.92 Å². The summed E-state index contributed by atoms with van der Waals surface area (Å²) in [5.74, 6) is 0.861. The number of nitrogens with one attached hydrogen (secondary N) is 1. The van der Waals surface area contributed by atoms with Gasteiger partial charge in [0.05, 0.1) is 23.6 Å². The molecule has 3 rings (SSSR count). The van der Waals surface area contributed by atoms with Crippen LogP contribution in [0, 0.1) is 5.92 Å². The smallest absolute Gasteiger partial charge is 0.234 e. The van der Waals surface area contributed by atoms with Gasteiger partial charge in [0.1, 0.15) is 0 Å². The molecule has 2 aliphatic heterocycles. The first-order chi connectivity index (χ1) is 11.8. The van der Waals surface area contributed by atoms with Crippen molar-refractivity contribution in [3.8, 4) is 0 Å². The van der Waals surface area contributed by atoms with E-state index in [4.69, 9.17) is 0 Å². The van der Waals surface area contributed by atoms with Crippen LogP contribution in [-0.2, 0) is 21.1 Å². The molecule has 0 saturated carbocycles. The van der Waals surface area contributed by atoms with Crippen molar-refractivity contribution in [2.75, 3.05) is 31.1 Å². The predicted molar refractivity (Wildman–Crippen MR) is 99.1 cm³/mol. The normalized spacial score (nSPS) is 27.2. The Morgan fingerprint density at radius 2 is 1.92 bits per heavy atom. The molecule has 5 nitrogen and oxygen atoms in total. The van der Waals surface area contributed by atoms with Crippen molar-refractivity contribution in [1.29, 1.82) is 0 Å². The molecule has 1 aromatic rings. The molecule has 2 saturated heterocycles. The molecule has 25 heavy (non-hydrogen) atoms. The minimum absolute atomic E-state index is 0.0545. The fourth-order valence-electron chi connectivity index (χ4n) is 3.98. The highest BCUT2D eigenvalue weighted by Gasteiger charge is 2.39. The second-order valence-electron chi connectivity index (χ2n) is 7.86. The number of amides is 1. The van der Waals surface area contributed by atoms with Gasteiger partial charge < -0.3 is 5.32 Å². The zero-order valence-electron chi connectivity index (χ0n) is 14.9. The van der Waals surface area contributed by atoms with Crippen LogP contribution < -0.4 is 5.32 Å². The summed E-state index contributed by atoms with van der Waals surface area (Å²) in [7, 11) is -3.00. The predicted octanol–water partition coefficient (Wildman–Crippen LogP) is 1.63. The first-order valence-electron chi connectivity index (χ1n) is 9.11. The lowest BCUT2D eigenvalue weighted by Gasteiger charge is -2.32. The number of likely N-dealkylation sites (tertiary alicyclic amines) is 1. The maximum atomic E-state index is 12.3. The molecule has 0 bridgehead atoms. The summed E-state index contributed by atoms with van der Waals surface area (Å²) >= 11 is 0. The van der Waals surface area contributed by atoms with Gasteiger partial charge in [-0.3, -0.25) is 9.69 Å². The lowest BCUT2D eigenvalue weighted by Crippen LogP contribution is -2.51. The minimum atomic E-state index is -3.00. The molecule has 1 amide bonds. The van der Waals surface area contributed by atoms with Gasteiger partial charge >= 0.3 is 0 Å². The van der Waals surface area contributed by atoms with Crippen molar-refractivity contribution >= 4 is 15.7 Å². The topological polar surface area (TPSA) is 66.5 Å². The number of rotatable bonds is 5. The number of benzene rings is 1. The number of nitrogens with zero attached hydrogens (tertiary/aromatic N) is 1. The third kappa shape index (κ3) is 5.28. The van der Waals surface area contributed by atoms with Gasteiger partial charge in [-0.1, -0.05) is 30.3 Å². The summed E-state index contributed by atoms with van der Waals surface area (Å²) in [6, 6.07) is 10.6. The van der Waals surface area contributed by atoms with Gasteiger partial charge in [-0.25, -0.2) is 8.42 Å². The first kappa shape index (κ1) is 18.4. The molecule has 0 aromatic heterocycles. The highest BCUT2D eigenvalue weighted by atomic mass is 32.2. The largest absolute Gasteiger partial charge is 0.349 e. The van der Waals surface area contributed by atoms with Gasteiger partial charge in [-0.2, -0.15) is 0 Å². The molecular formula is C19H28N2O3S. The van der Waals surface area contributed by atoms with E-state index in [1.807, 2.05) is 13.0 Å². The Morgan fingerprint density at radius 3 is 2.52 bits per heavy atom. The van der Waals surface area contributed by atoms with E-state index in [1.165, 1.54) is 5.56 Å². The maximum absolute atomic E-state index is 12.3. The molecule has 0 spiro atoms. The summed E-state index contributed by atoms with van der Waals surface area (Å²) in [5.41, 5.74) is 0.788. The second-order valence-corrected chi connectivity index (χ2v) is 10.0. The first-order valence-corrected chi connectivity index (χ1v) is 10.9. The molecule has 2 aliphatic rings. The monoisotopic (exact) mass is 364 g/mol. The van der Waals surface area contributed by atoms with Crippen LogP contribution in [0.5, 0.6) is 0 Å². The Labute approximate surface area is 150 Å². The van der Waals surface area contributed by atoms with Crippen molar-refractivity contribution in [3.05, 3.63) is 35.9 Å². The average Bonchev–Trinajstić information content (AvgIpc) is 2.83. The minimum Gasteiger partial charge on any atom is -0.349 e. The van der Waals surface area contributed by atoms with Gasteiger partial charge in [-0.15, -0.1) is 0 Å². The molecule has 0 aliphatic carbocycles. The number of hydrogen-bond acceptors (Lipinski definition) is 4. The van der Waals surface area contributed by atoms with Crippen LogP contribution in [0.2, 0.25) is 0 Å². The quantitative estimate of drug-likeness (QED) is 0.862. The third-order valence-electron chi connectivity index (χ3n) is 5.39. The molecule has 0 radical (unpaired) electrons. The zero-order valence-corrected chi connectivity index (χ0v) is 15.7. The highest BCUT2D eigenvalue weighted by Crippen LogP contribution is 2.24. The van der Waals surface area contributed by atoms with Gasteiger partial charge in [0.15, 0.2) is 9.84 Å². The molecule has 6 heteroatoms. The zero-order chi connectivity index (χ0) is 17.9. The standard InChI is InChI=1S/C19H28N2O3S/c1-19(9-12-25(23,24)15-19)20-18(22)14-21-10-7-17(8-11-21)13-16-5-3-2-4-6-16/h2-6,17H,7-15H2,1H3,(H,20,22)/t19-/m0/s1. The molecule has 2 fully saturated rings. The van der Waals surface area contributed by atoms with E-state index in [9.17, 15) is 13.2 Å². The van der Waals surface area contributed by atoms with Crippen LogP contribution >= 0.6 is 0 Å². The molecule has 1 aromatic carbocycles. The Bertz CT molecular complexity index is 697. The SMILES string of the molecule is C[C@]1(NC(=O)CN2CCC(Cc3ccccc3)CC2)CCS(=O)(=O)C1. The van der Waals surface area contributed by atoms with Crippen molar-refractivity contribution in [1.82, 2.24) is 10.2 Å². The number of piperidine rings is 1. The fourth-order valence-corrected chi connectivity index (χ4v) is 6.08. The molecule has 0 unspecified atom stereocenters. The van der Waals surface area contributed by atoms with E-state index in [1.54, 1.807) is 0 Å². The maximum Gasteiger partial charge on any atom is 0.234 e. The lowest BCUT2D eigenvalue weighted by molar-refractivity contribution is -0.124. The summed E-state index contributed by atoms with van der Waals surface area (Å²) < 4.78 is 23.3. The number of carbonyl (C=O) groups is 1. The van der Waals surface area contributed by atoms with Crippen LogP contribution in [0.3, 0.4) is 0 Å². The Kier molecular flexibility index (Phi) is 5.49. The van der Waals surface area contributed by atoms with E-state index < -0.39 is 15.4 Å². The number of hydrogen-bond donors (Lipinski definition) is 1. The summed E-state index contributed by atoms with van der Waals surface area (Å²) in [5, 5.41) is 2.95. The summed E-state index contributed by atoms with van der Waals surface area (Å²) in [6.45, 7) is 4.06. The lowest BCUT2D eigenvalue weighted by atomic mass is 9.90.